The molecule has 0 N–H and O–H groups in total. The predicted molar refractivity (Wildman–Crippen MR) is 150 cm³/mol. The molecule has 0 aliphatic carbocycles. The maximum atomic E-state index is 15.9. The van der Waals surface area contributed by atoms with Crippen molar-refractivity contribution in [2.24, 2.45) is 0 Å². The molecule has 2 atom stereocenters. The molecule has 3 aromatic rings. The quantitative estimate of drug-likeness (QED) is 0.238. The van der Waals surface area contributed by atoms with E-state index in [1.807, 2.05) is 43.3 Å². The Morgan fingerprint density at radius 1 is 1.17 bits per heavy atom. The number of halogens is 3. The van der Waals surface area contributed by atoms with Crippen LogP contribution in [0.5, 0.6) is 11.5 Å². The molecule has 0 aromatic heterocycles. The van der Waals surface area contributed by atoms with Crippen molar-refractivity contribution in [3.8, 4) is 28.7 Å². The molecule has 216 valence electrons. The van der Waals surface area contributed by atoms with Gasteiger partial charge in [-0.3, -0.25) is 0 Å². The number of fused-ring (bicyclic) bond motifs is 1. The van der Waals surface area contributed by atoms with Gasteiger partial charge >= 0.3 is 6.09 Å². The molecule has 41 heavy (non-hydrogen) atoms. The largest absolute Gasteiger partial charge is 0.494 e. The van der Waals surface area contributed by atoms with Gasteiger partial charge in [0.2, 0.25) is 0 Å². The second kappa shape index (κ2) is 12.8. The first-order valence-corrected chi connectivity index (χ1v) is 13.5. The second-order valence-electron chi connectivity index (χ2n) is 9.76. The Hall–Kier alpha value is -3.87. The molecule has 10 heteroatoms. The number of ether oxygens (including phenoxy) is 4. The summed E-state index contributed by atoms with van der Waals surface area (Å²) >= 11 is 6.57. The fraction of sp³-hybridized carbons (Fsp3) is 0.355. The molecule has 0 unspecified atom stereocenters. The SMILES string of the molecule is CCCCOC(=O)N(C)C[C@]1(c2ccccc2)Oc2cc(F)c(Cl)c(-c3c(C#N)ccc(OC)c3F)c2[C@@H]1COC. The molecule has 0 bridgehead atoms. The number of nitrogens with zero attached hydrogens (tertiary/aromatic N) is 2. The van der Waals surface area contributed by atoms with Crippen LogP contribution < -0.4 is 9.47 Å². The van der Waals surface area contributed by atoms with Gasteiger partial charge in [-0.1, -0.05) is 55.3 Å². The van der Waals surface area contributed by atoms with Gasteiger partial charge < -0.3 is 23.8 Å². The van der Waals surface area contributed by atoms with E-state index in [4.69, 9.17) is 30.5 Å². The van der Waals surface area contributed by atoms with Crippen LogP contribution in [0.3, 0.4) is 0 Å². The smallest absolute Gasteiger partial charge is 0.409 e. The Balaban J connectivity index is 1.98. The first-order chi connectivity index (χ1) is 19.7. The molecule has 3 aromatic carbocycles. The normalized spacial score (nSPS) is 17.4. The Morgan fingerprint density at radius 2 is 1.90 bits per heavy atom. The number of benzene rings is 3. The summed E-state index contributed by atoms with van der Waals surface area (Å²) in [6.07, 6.45) is 1.02. The van der Waals surface area contributed by atoms with Gasteiger partial charge in [-0.2, -0.15) is 5.26 Å². The highest BCUT2D eigenvalue weighted by atomic mass is 35.5. The summed E-state index contributed by atoms with van der Waals surface area (Å²) in [5.74, 6) is -2.50. The summed E-state index contributed by atoms with van der Waals surface area (Å²) in [4.78, 5) is 14.3. The maximum Gasteiger partial charge on any atom is 0.409 e. The molecular weight excluding hydrogens is 554 g/mol. The highest BCUT2D eigenvalue weighted by molar-refractivity contribution is 6.34. The van der Waals surface area contributed by atoms with E-state index in [1.165, 1.54) is 31.3 Å². The number of nitriles is 1. The molecule has 0 spiro atoms. The lowest BCUT2D eigenvalue weighted by molar-refractivity contribution is 0.00299. The van der Waals surface area contributed by atoms with E-state index >= 15 is 8.78 Å². The number of likely N-dealkylation sites (N-methyl/N-ethyl adjacent to an activating group) is 1. The van der Waals surface area contributed by atoms with E-state index in [1.54, 1.807) is 7.05 Å². The summed E-state index contributed by atoms with van der Waals surface area (Å²) in [6.45, 7) is 2.27. The highest BCUT2D eigenvalue weighted by Gasteiger charge is 2.53. The van der Waals surface area contributed by atoms with Crippen molar-refractivity contribution in [3.63, 3.8) is 0 Å². The highest BCUT2D eigenvalue weighted by Crippen LogP contribution is 2.57. The Morgan fingerprint density at radius 3 is 2.54 bits per heavy atom. The van der Waals surface area contributed by atoms with Crippen molar-refractivity contribution < 1.29 is 32.5 Å². The molecular formula is C31H31ClF2N2O5. The van der Waals surface area contributed by atoms with E-state index in [0.29, 0.717) is 17.5 Å². The predicted octanol–water partition coefficient (Wildman–Crippen LogP) is 7.05. The monoisotopic (exact) mass is 584 g/mol. The fourth-order valence-electron chi connectivity index (χ4n) is 5.27. The van der Waals surface area contributed by atoms with Gasteiger partial charge in [0.05, 0.1) is 49.4 Å². The number of rotatable bonds is 10. The number of unbranched alkanes of at least 4 members (excludes halogenated alkanes) is 1. The van der Waals surface area contributed by atoms with Crippen LogP contribution in [0.2, 0.25) is 5.02 Å². The van der Waals surface area contributed by atoms with E-state index in [9.17, 15) is 10.1 Å². The minimum absolute atomic E-state index is 0.0188. The fourth-order valence-corrected chi connectivity index (χ4v) is 5.53. The first kappa shape index (κ1) is 30.1. The lowest BCUT2D eigenvalue weighted by Gasteiger charge is -2.38. The molecule has 0 saturated carbocycles. The zero-order valence-electron chi connectivity index (χ0n) is 23.3. The summed E-state index contributed by atoms with van der Waals surface area (Å²) in [6, 6.07) is 14.9. The van der Waals surface area contributed by atoms with Crippen LogP contribution in [0.25, 0.3) is 11.1 Å². The van der Waals surface area contributed by atoms with Crippen LogP contribution >= 0.6 is 11.6 Å². The average molecular weight is 585 g/mol. The number of methoxy groups -OCH3 is 2. The molecule has 1 amide bonds. The third-order valence-corrected chi connectivity index (χ3v) is 7.59. The van der Waals surface area contributed by atoms with Crippen LogP contribution in [0.15, 0.2) is 48.5 Å². The van der Waals surface area contributed by atoms with Gasteiger partial charge in [0, 0.05) is 36.9 Å². The molecule has 0 fully saturated rings. The lowest BCUT2D eigenvalue weighted by Crippen LogP contribution is -2.48. The van der Waals surface area contributed by atoms with E-state index in [0.717, 1.165) is 12.5 Å². The van der Waals surface area contributed by atoms with E-state index in [-0.39, 0.29) is 53.0 Å². The minimum Gasteiger partial charge on any atom is -0.494 e. The van der Waals surface area contributed by atoms with Crippen LogP contribution in [0, 0.1) is 23.0 Å². The van der Waals surface area contributed by atoms with Crippen LogP contribution in [0.1, 0.15) is 42.4 Å². The van der Waals surface area contributed by atoms with Crippen molar-refractivity contribution in [2.75, 3.05) is 41.0 Å². The molecule has 7 nitrogen and oxygen atoms in total. The molecule has 1 aliphatic rings. The Bertz CT molecular complexity index is 1460. The van der Waals surface area contributed by atoms with Crippen LogP contribution in [0.4, 0.5) is 13.6 Å². The van der Waals surface area contributed by atoms with Gasteiger partial charge in [-0.05, 0) is 24.1 Å². The third kappa shape index (κ3) is 5.54. The van der Waals surface area contributed by atoms with Crippen LogP contribution in [-0.4, -0.2) is 52.0 Å². The van der Waals surface area contributed by atoms with Crippen molar-refractivity contribution in [3.05, 3.63) is 81.9 Å². The minimum atomic E-state index is -1.31. The number of hydrogen-bond acceptors (Lipinski definition) is 6. The molecule has 0 saturated heterocycles. The average Bonchev–Trinajstić information content (AvgIpc) is 3.27. The van der Waals surface area contributed by atoms with Crippen molar-refractivity contribution in [1.82, 2.24) is 4.90 Å². The zero-order chi connectivity index (χ0) is 29.7. The summed E-state index contributed by atoms with van der Waals surface area (Å²) in [5, 5.41) is 9.51. The van der Waals surface area contributed by atoms with E-state index < -0.39 is 29.2 Å². The summed E-state index contributed by atoms with van der Waals surface area (Å²) < 4.78 is 54.1. The second-order valence-corrected chi connectivity index (χ2v) is 10.1. The van der Waals surface area contributed by atoms with Gasteiger partial charge in [0.1, 0.15) is 11.6 Å². The van der Waals surface area contributed by atoms with Gasteiger partial charge in [-0.15, -0.1) is 0 Å². The molecule has 1 heterocycles. The maximum absolute atomic E-state index is 15.9. The zero-order valence-corrected chi connectivity index (χ0v) is 24.1. The number of carbonyl (C=O) groups is 1. The van der Waals surface area contributed by atoms with Crippen LogP contribution in [-0.2, 0) is 15.1 Å². The third-order valence-electron chi connectivity index (χ3n) is 7.23. The van der Waals surface area contributed by atoms with Gasteiger partial charge in [0.15, 0.2) is 17.2 Å². The summed E-state index contributed by atoms with van der Waals surface area (Å²) in [5.41, 5.74) is -0.621. The standard InChI is InChI=1S/C31H31ClF2N2O5/c1-5-6-14-40-30(37)36(2)18-31(20-10-8-7-9-11-20)21(17-38-3)26-24(41-31)15-22(33)28(32)27(26)25-19(16-35)12-13-23(39-4)29(25)34/h7-13,15,21H,5-6,14,17-18H2,1-4H3/t21-,31+/m0/s1. The van der Waals surface area contributed by atoms with Crippen molar-refractivity contribution >= 4 is 17.7 Å². The summed E-state index contributed by atoms with van der Waals surface area (Å²) in [7, 11) is 4.37. The van der Waals surface area contributed by atoms with E-state index in [2.05, 4.69) is 0 Å². The molecule has 4 rings (SSSR count). The van der Waals surface area contributed by atoms with Gasteiger partial charge in [0.25, 0.3) is 0 Å². The Labute approximate surface area is 243 Å². The first-order valence-electron chi connectivity index (χ1n) is 13.1. The Kier molecular flexibility index (Phi) is 9.36. The topological polar surface area (TPSA) is 81.0 Å². The number of hydrogen-bond donors (Lipinski definition) is 0. The molecule has 1 aliphatic heterocycles. The van der Waals surface area contributed by atoms with Crippen molar-refractivity contribution in [1.29, 1.82) is 5.26 Å². The number of amides is 1. The van der Waals surface area contributed by atoms with Gasteiger partial charge in [-0.25, -0.2) is 13.6 Å². The molecule has 0 radical (unpaired) electrons. The lowest BCUT2D eigenvalue weighted by atomic mass is 9.76. The van der Waals surface area contributed by atoms with Crippen molar-refractivity contribution in [2.45, 2.75) is 31.3 Å². The number of carbonyl (C=O) groups excluding carboxylic acids is 1.